The summed E-state index contributed by atoms with van der Waals surface area (Å²) in [5.74, 6) is 1.22. The number of carbonyl (C=O) groups is 3. The summed E-state index contributed by atoms with van der Waals surface area (Å²) in [4.78, 5) is 48.6. The van der Waals surface area contributed by atoms with Crippen LogP contribution in [-0.4, -0.2) is 77.5 Å². The van der Waals surface area contributed by atoms with Crippen LogP contribution in [0.2, 0.25) is 0 Å². The first kappa shape index (κ1) is 29.9. The van der Waals surface area contributed by atoms with E-state index >= 15 is 0 Å². The van der Waals surface area contributed by atoms with Crippen molar-refractivity contribution in [1.82, 2.24) is 14.7 Å². The van der Waals surface area contributed by atoms with Gasteiger partial charge in [0.15, 0.2) is 0 Å². The van der Waals surface area contributed by atoms with Gasteiger partial charge in [0.05, 0.1) is 6.67 Å². The van der Waals surface area contributed by atoms with E-state index < -0.39 is 5.54 Å². The highest BCUT2D eigenvalue weighted by Crippen LogP contribution is 2.40. The Hall–Kier alpha value is -3.55. The van der Waals surface area contributed by atoms with Crippen molar-refractivity contribution in [3.63, 3.8) is 0 Å². The molecule has 42 heavy (non-hydrogen) atoms. The number of nitrogens with zero attached hydrogens (tertiary/aromatic N) is 4. The van der Waals surface area contributed by atoms with Crippen LogP contribution >= 0.6 is 0 Å². The molecule has 3 fully saturated rings. The number of rotatable bonds is 6. The molecule has 0 bridgehead atoms. The molecule has 4 amide bonds. The molecule has 2 aromatic rings. The summed E-state index contributed by atoms with van der Waals surface area (Å²) in [6.07, 6.45) is 3.06. The fraction of sp³-hybridized carbons (Fsp3) is 0.559. The van der Waals surface area contributed by atoms with Gasteiger partial charge in [0.1, 0.15) is 12.1 Å². The molecular formula is C34H47N5O3. The highest BCUT2D eigenvalue weighted by molar-refractivity contribution is 5.97. The van der Waals surface area contributed by atoms with Gasteiger partial charge < -0.3 is 24.9 Å². The highest BCUT2D eigenvalue weighted by Gasteiger charge is 2.54. The van der Waals surface area contributed by atoms with Gasteiger partial charge in [-0.1, -0.05) is 71.0 Å². The van der Waals surface area contributed by atoms with Crippen molar-refractivity contribution in [2.75, 3.05) is 49.6 Å². The minimum Gasteiger partial charge on any atom is -0.341 e. The summed E-state index contributed by atoms with van der Waals surface area (Å²) in [5, 5.41) is 3.25. The van der Waals surface area contributed by atoms with Crippen molar-refractivity contribution in [2.45, 2.75) is 77.7 Å². The zero-order valence-electron chi connectivity index (χ0n) is 25.9. The van der Waals surface area contributed by atoms with Crippen LogP contribution < -0.4 is 10.2 Å². The lowest BCUT2D eigenvalue weighted by molar-refractivity contribution is -0.141. The minimum absolute atomic E-state index is 0.00242. The van der Waals surface area contributed by atoms with Crippen molar-refractivity contribution in [1.29, 1.82) is 0 Å². The average molecular weight is 574 g/mol. The lowest BCUT2D eigenvalue weighted by Crippen LogP contribution is -2.58. The average Bonchev–Trinajstić information content (AvgIpc) is 3.24. The van der Waals surface area contributed by atoms with E-state index in [9.17, 15) is 14.4 Å². The molecule has 3 aliphatic rings. The standard InChI is InChI=1S/C34H47N5O3/c1-24(2)28-12-9-13-29(25(3)4)31(28)35-33(42)37-20-16-34(17-21-37)32(41)38(23-39(34)27-10-7-6-8-11-27)22-30(40)36-18-14-26(5)15-19-36/h6-13,24-26H,14-23H2,1-5H3,(H,35,42). The number of hydrogen-bond acceptors (Lipinski definition) is 4. The molecule has 0 aromatic heterocycles. The Kier molecular flexibility index (Phi) is 8.81. The largest absolute Gasteiger partial charge is 0.341 e. The van der Waals surface area contributed by atoms with Gasteiger partial charge in [-0.25, -0.2) is 4.79 Å². The Morgan fingerprint density at radius 2 is 1.45 bits per heavy atom. The lowest BCUT2D eigenvalue weighted by Gasteiger charge is -2.43. The predicted octanol–water partition coefficient (Wildman–Crippen LogP) is 5.86. The van der Waals surface area contributed by atoms with Gasteiger partial charge in [-0.2, -0.15) is 0 Å². The number of piperidine rings is 2. The number of urea groups is 1. The molecule has 0 saturated carbocycles. The van der Waals surface area contributed by atoms with Crippen LogP contribution in [0.5, 0.6) is 0 Å². The lowest BCUT2D eigenvalue weighted by atomic mass is 9.85. The van der Waals surface area contributed by atoms with E-state index in [1.54, 1.807) is 4.90 Å². The number of benzene rings is 2. The van der Waals surface area contributed by atoms with Crippen molar-refractivity contribution >= 4 is 29.2 Å². The van der Waals surface area contributed by atoms with E-state index in [4.69, 9.17) is 0 Å². The molecule has 3 heterocycles. The molecule has 0 unspecified atom stereocenters. The third-order valence-electron chi connectivity index (χ3n) is 9.53. The zero-order valence-corrected chi connectivity index (χ0v) is 25.9. The van der Waals surface area contributed by atoms with E-state index in [1.165, 1.54) is 0 Å². The molecule has 8 nitrogen and oxygen atoms in total. The molecule has 1 N–H and O–H groups in total. The van der Waals surface area contributed by atoms with Gasteiger partial charge in [0.2, 0.25) is 5.91 Å². The van der Waals surface area contributed by atoms with Crippen molar-refractivity contribution in [3.8, 4) is 0 Å². The van der Waals surface area contributed by atoms with E-state index in [0.717, 1.165) is 48.4 Å². The number of para-hydroxylation sites is 2. The van der Waals surface area contributed by atoms with E-state index in [1.807, 2.05) is 40.1 Å². The quantitative estimate of drug-likeness (QED) is 0.469. The summed E-state index contributed by atoms with van der Waals surface area (Å²) in [7, 11) is 0. The molecule has 5 rings (SSSR count). The predicted molar refractivity (Wildman–Crippen MR) is 168 cm³/mol. The van der Waals surface area contributed by atoms with Crippen LogP contribution in [0, 0.1) is 5.92 Å². The first-order valence-corrected chi connectivity index (χ1v) is 15.7. The summed E-state index contributed by atoms with van der Waals surface area (Å²) in [6, 6.07) is 16.1. The van der Waals surface area contributed by atoms with Crippen LogP contribution in [-0.2, 0) is 9.59 Å². The second-order valence-corrected chi connectivity index (χ2v) is 13.0. The van der Waals surface area contributed by atoms with Crippen LogP contribution in [0.25, 0.3) is 0 Å². The maximum Gasteiger partial charge on any atom is 0.321 e. The van der Waals surface area contributed by atoms with E-state index in [-0.39, 0.29) is 36.2 Å². The monoisotopic (exact) mass is 573 g/mol. The van der Waals surface area contributed by atoms with Crippen LogP contribution in [0.15, 0.2) is 48.5 Å². The number of nitrogens with one attached hydrogen (secondary N) is 1. The zero-order chi connectivity index (χ0) is 30.0. The minimum atomic E-state index is -0.770. The topological polar surface area (TPSA) is 76.2 Å². The summed E-state index contributed by atoms with van der Waals surface area (Å²) < 4.78 is 0. The molecule has 0 atom stereocenters. The highest BCUT2D eigenvalue weighted by atomic mass is 16.2. The first-order valence-electron chi connectivity index (χ1n) is 15.7. The maximum absolute atomic E-state index is 14.1. The number of carbonyl (C=O) groups excluding carboxylic acids is 3. The molecule has 2 aromatic carbocycles. The van der Waals surface area contributed by atoms with Gasteiger partial charge in [0, 0.05) is 37.6 Å². The molecular weight excluding hydrogens is 526 g/mol. The van der Waals surface area contributed by atoms with Gasteiger partial charge in [0.25, 0.3) is 5.91 Å². The van der Waals surface area contributed by atoms with Crippen LogP contribution in [0.4, 0.5) is 16.2 Å². The molecule has 0 radical (unpaired) electrons. The molecule has 3 aliphatic heterocycles. The second-order valence-electron chi connectivity index (χ2n) is 13.0. The molecule has 8 heteroatoms. The fourth-order valence-corrected chi connectivity index (χ4v) is 6.80. The van der Waals surface area contributed by atoms with Crippen LogP contribution in [0.1, 0.15) is 83.3 Å². The van der Waals surface area contributed by atoms with Crippen LogP contribution in [0.3, 0.4) is 0 Å². The van der Waals surface area contributed by atoms with Crippen molar-refractivity contribution in [3.05, 3.63) is 59.7 Å². The Morgan fingerprint density at radius 1 is 0.857 bits per heavy atom. The number of hydrogen-bond donors (Lipinski definition) is 1. The number of likely N-dealkylation sites (tertiary alicyclic amines) is 2. The Bertz CT molecular complexity index is 1250. The van der Waals surface area contributed by atoms with Gasteiger partial charge in [-0.05, 0) is 66.7 Å². The van der Waals surface area contributed by atoms with Gasteiger partial charge >= 0.3 is 6.03 Å². The fourth-order valence-electron chi connectivity index (χ4n) is 6.80. The molecule has 0 aliphatic carbocycles. The summed E-state index contributed by atoms with van der Waals surface area (Å²) in [6.45, 7) is 13.7. The first-order chi connectivity index (χ1) is 20.1. The Balaban J connectivity index is 1.32. The van der Waals surface area contributed by atoms with E-state index in [2.05, 4.69) is 63.0 Å². The van der Waals surface area contributed by atoms with Crippen molar-refractivity contribution < 1.29 is 14.4 Å². The molecule has 1 spiro atoms. The Morgan fingerprint density at radius 3 is 2.02 bits per heavy atom. The SMILES string of the molecule is CC1CCN(C(=O)CN2CN(c3ccccc3)C3(CCN(C(=O)Nc4c(C(C)C)cccc4C(C)C)CC3)C2=O)CC1. The maximum atomic E-state index is 14.1. The van der Waals surface area contributed by atoms with Crippen molar-refractivity contribution in [2.24, 2.45) is 5.92 Å². The smallest absolute Gasteiger partial charge is 0.321 e. The van der Waals surface area contributed by atoms with E-state index in [0.29, 0.717) is 38.5 Å². The van der Waals surface area contributed by atoms with Gasteiger partial charge in [-0.3, -0.25) is 9.59 Å². The molecule has 226 valence electrons. The summed E-state index contributed by atoms with van der Waals surface area (Å²) >= 11 is 0. The normalized spacial score (nSPS) is 19.4. The molecule has 3 saturated heterocycles. The number of amides is 4. The number of anilines is 2. The summed E-state index contributed by atoms with van der Waals surface area (Å²) in [5.41, 5.74) is 3.37. The third-order valence-corrected chi connectivity index (χ3v) is 9.53. The second kappa shape index (κ2) is 12.4. The Labute approximate surface area is 251 Å². The van der Waals surface area contributed by atoms with Gasteiger partial charge in [-0.15, -0.1) is 0 Å². The third kappa shape index (κ3) is 5.86.